The number of nitrogens with zero attached hydrogens (tertiary/aromatic N) is 3. The summed E-state index contributed by atoms with van der Waals surface area (Å²) in [5.74, 6) is 0. The van der Waals surface area contributed by atoms with Crippen molar-refractivity contribution in [3.8, 4) is 39.2 Å². The van der Waals surface area contributed by atoms with Gasteiger partial charge in [-0.15, -0.1) is 0 Å². The number of aryl methyl sites for hydroxylation is 1. The van der Waals surface area contributed by atoms with Crippen molar-refractivity contribution in [1.82, 2.24) is 9.05 Å². The summed E-state index contributed by atoms with van der Waals surface area (Å²) in [4.78, 5) is 2.59. The van der Waals surface area contributed by atoms with Crippen LogP contribution < -0.4 is 15.8 Å². The van der Waals surface area contributed by atoms with Gasteiger partial charge in [0.15, 0.2) is 0 Å². The molecule has 67 heavy (non-hydrogen) atoms. The first kappa shape index (κ1) is 41.4. The fourth-order valence-electron chi connectivity index (χ4n) is 11.4. The van der Waals surface area contributed by atoms with Gasteiger partial charge in [0.05, 0.1) is 11.0 Å². The fraction of sp³-hybridized carbons (Fsp3) is 0.206. The van der Waals surface area contributed by atoms with Gasteiger partial charge in [0, 0.05) is 61.2 Å². The summed E-state index contributed by atoms with van der Waals surface area (Å²) in [6.07, 6.45) is 0. The highest BCUT2D eigenvalue weighted by molar-refractivity contribution is 6.90. The molecule has 3 nitrogen and oxygen atoms in total. The van der Waals surface area contributed by atoms with E-state index in [9.17, 15) is 0 Å². The Morgan fingerprint density at radius 1 is 0.448 bits per heavy atom. The van der Waals surface area contributed by atoms with Crippen molar-refractivity contribution in [2.45, 2.75) is 85.5 Å². The monoisotopic (exact) mass is 867 g/mol. The topological polar surface area (TPSA) is 13.1 Å². The van der Waals surface area contributed by atoms with Crippen molar-refractivity contribution in [1.29, 1.82) is 0 Å². The lowest BCUT2D eigenvalue weighted by atomic mass is 9.44. The maximum Gasteiger partial charge on any atom is 0.333 e. The second-order valence-electron chi connectivity index (χ2n) is 22.3. The molecule has 4 heteroatoms. The number of fused-ring (bicyclic) bond motifs is 8. The van der Waals surface area contributed by atoms with Gasteiger partial charge in [0.2, 0.25) is 0 Å². The molecule has 328 valence electrons. The molecule has 0 radical (unpaired) electrons. The van der Waals surface area contributed by atoms with E-state index in [4.69, 9.17) is 0 Å². The lowest BCUT2D eigenvalue weighted by molar-refractivity contribution is 0.590. The van der Waals surface area contributed by atoms with Crippen LogP contribution in [0.15, 0.2) is 170 Å². The molecule has 0 aliphatic carbocycles. The van der Waals surface area contributed by atoms with E-state index < -0.39 is 0 Å². The highest BCUT2D eigenvalue weighted by atomic mass is 15.2. The third kappa shape index (κ3) is 6.18. The normalized spacial score (nSPS) is 13.5. The lowest BCUT2D eigenvalue weighted by Crippen LogP contribution is -2.57. The van der Waals surface area contributed by atoms with E-state index in [-0.39, 0.29) is 23.1 Å². The SMILES string of the molecule is Cc1ccccc1-c1c(-c2ccccc2)n2c3c(cc4c5ccccc5n(-c5ccccc5)c4c13)-c1cc(C(C)(C)C)cc3c1B2c1cc(C(C)(C)C)ccc1N3c1ccc(C(C)(C)C)cc1. The van der Waals surface area contributed by atoms with Crippen LogP contribution in [0.4, 0.5) is 17.1 Å². The first-order valence-corrected chi connectivity index (χ1v) is 24.1. The Morgan fingerprint density at radius 3 is 1.76 bits per heavy atom. The maximum absolute atomic E-state index is 2.79. The van der Waals surface area contributed by atoms with Gasteiger partial charge in [0.25, 0.3) is 0 Å². The average Bonchev–Trinajstić information content (AvgIpc) is 3.83. The zero-order valence-corrected chi connectivity index (χ0v) is 40.6. The Morgan fingerprint density at radius 2 is 1.07 bits per heavy atom. The summed E-state index contributed by atoms with van der Waals surface area (Å²) >= 11 is 0. The van der Waals surface area contributed by atoms with E-state index in [2.05, 4.69) is 253 Å². The fourth-order valence-corrected chi connectivity index (χ4v) is 11.4. The van der Waals surface area contributed by atoms with Crippen molar-refractivity contribution >= 4 is 67.5 Å². The van der Waals surface area contributed by atoms with Crippen LogP contribution in [0, 0.1) is 6.92 Å². The summed E-state index contributed by atoms with van der Waals surface area (Å²) in [6, 6.07) is 64.8. The molecular weight excluding hydrogens is 810 g/mol. The van der Waals surface area contributed by atoms with Crippen LogP contribution >= 0.6 is 0 Å². The molecule has 0 N–H and O–H groups in total. The van der Waals surface area contributed by atoms with E-state index >= 15 is 0 Å². The smallest absolute Gasteiger partial charge is 0.333 e. The molecule has 2 aliphatic heterocycles. The average molecular weight is 868 g/mol. The first-order valence-electron chi connectivity index (χ1n) is 24.1. The second-order valence-corrected chi connectivity index (χ2v) is 22.3. The third-order valence-corrected chi connectivity index (χ3v) is 14.9. The molecule has 0 spiro atoms. The molecule has 2 aromatic heterocycles. The van der Waals surface area contributed by atoms with Crippen molar-refractivity contribution in [3.05, 3.63) is 192 Å². The molecule has 0 saturated carbocycles. The molecule has 0 saturated heterocycles. The highest BCUT2D eigenvalue weighted by Crippen LogP contribution is 2.54. The quantitative estimate of drug-likeness (QED) is 0.161. The Kier molecular flexibility index (Phi) is 8.95. The summed E-state index contributed by atoms with van der Waals surface area (Å²) in [6.45, 7) is 23.2. The van der Waals surface area contributed by atoms with Gasteiger partial charge in [0.1, 0.15) is 0 Å². The molecule has 0 amide bonds. The van der Waals surface area contributed by atoms with Crippen LogP contribution in [0.1, 0.15) is 84.6 Å². The molecule has 12 rings (SSSR count). The first-order chi connectivity index (χ1) is 32.1. The van der Waals surface area contributed by atoms with Gasteiger partial charge in [-0.3, -0.25) is 0 Å². The Hall–Kier alpha value is -7.04. The van der Waals surface area contributed by atoms with Crippen molar-refractivity contribution in [3.63, 3.8) is 0 Å². The minimum atomic E-state index is -0.128. The minimum Gasteiger partial charge on any atom is -0.375 e. The molecular formula is C63H58BN3. The van der Waals surface area contributed by atoms with E-state index in [1.54, 1.807) is 0 Å². The van der Waals surface area contributed by atoms with Crippen molar-refractivity contribution < 1.29 is 0 Å². The van der Waals surface area contributed by atoms with Crippen LogP contribution in [0.25, 0.3) is 71.9 Å². The van der Waals surface area contributed by atoms with Crippen LogP contribution in [0.5, 0.6) is 0 Å². The van der Waals surface area contributed by atoms with Crippen LogP contribution in [-0.4, -0.2) is 15.9 Å². The molecule has 8 aromatic carbocycles. The van der Waals surface area contributed by atoms with Gasteiger partial charge in [-0.05, 0) is 122 Å². The standard InChI is InChI=1S/C63H58BN3/c1-39-21-17-18-26-46(39)55-56-59-49(47-27-19-20-28-52(47)66(59)44-24-15-12-16-25-44)38-50-48-35-43(63(8,9)10)37-54-57(48)64(67(60(50)56)58(55)40-22-13-11-14-23-40)51-36-42(62(5,6)7)31-34-53(51)65(54)45-32-29-41(30-33-45)61(2,3)4/h11-38H,1-10H3. The molecule has 0 bridgehead atoms. The number of hydrogen-bond donors (Lipinski definition) is 0. The number of benzene rings is 8. The van der Waals surface area contributed by atoms with Crippen LogP contribution in [0.3, 0.4) is 0 Å². The predicted molar refractivity (Wildman–Crippen MR) is 289 cm³/mol. The van der Waals surface area contributed by atoms with Crippen LogP contribution in [0.2, 0.25) is 0 Å². The largest absolute Gasteiger partial charge is 0.375 e. The van der Waals surface area contributed by atoms with E-state index in [0.29, 0.717) is 0 Å². The van der Waals surface area contributed by atoms with Crippen molar-refractivity contribution in [2.75, 3.05) is 4.90 Å². The number of anilines is 3. The number of rotatable bonds is 4. The van der Waals surface area contributed by atoms with Crippen molar-refractivity contribution in [2.24, 2.45) is 0 Å². The second kappa shape index (κ2) is 14.5. The van der Waals surface area contributed by atoms with Gasteiger partial charge in [-0.25, -0.2) is 0 Å². The van der Waals surface area contributed by atoms with Gasteiger partial charge in [-0.2, -0.15) is 0 Å². The number of hydrogen-bond acceptors (Lipinski definition) is 1. The molecule has 0 atom stereocenters. The van der Waals surface area contributed by atoms with Crippen LogP contribution in [-0.2, 0) is 16.2 Å². The Balaban J connectivity index is 1.35. The lowest BCUT2D eigenvalue weighted by Gasteiger charge is -2.42. The molecule has 2 aliphatic rings. The zero-order chi connectivity index (χ0) is 46.3. The molecule has 4 heterocycles. The molecule has 0 fully saturated rings. The summed E-state index contributed by atoms with van der Waals surface area (Å²) in [5, 5.41) is 3.82. The third-order valence-electron chi connectivity index (χ3n) is 14.9. The van der Waals surface area contributed by atoms with E-state index in [1.807, 2.05) is 0 Å². The molecule has 10 aromatic rings. The predicted octanol–water partition coefficient (Wildman–Crippen LogP) is 15.7. The highest BCUT2D eigenvalue weighted by Gasteiger charge is 2.46. The Labute approximate surface area is 396 Å². The van der Waals surface area contributed by atoms with E-state index in [1.165, 1.54) is 116 Å². The zero-order valence-electron chi connectivity index (χ0n) is 40.6. The Bertz CT molecular complexity index is 3620. The minimum absolute atomic E-state index is 0.0392. The summed E-state index contributed by atoms with van der Waals surface area (Å²) in [5.41, 5.74) is 24.0. The van der Waals surface area contributed by atoms with Gasteiger partial charge in [-0.1, -0.05) is 184 Å². The summed E-state index contributed by atoms with van der Waals surface area (Å²) < 4.78 is 5.34. The maximum atomic E-state index is 2.79. The van der Waals surface area contributed by atoms with E-state index in [0.717, 1.165) is 5.69 Å². The summed E-state index contributed by atoms with van der Waals surface area (Å²) in [7, 11) is 0. The number of para-hydroxylation sites is 2. The van der Waals surface area contributed by atoms with Gasteiger partial charge >= 0.3 is 6.85 Å². The number of aromatic nitrogens is 2. The van der Waals surface area contributed by atoms with Gasteiger partial charge < -0.3 is 13.9 Å². The molecule has 0 unspecified atom stereocenters.